The second-order valence-corrected chi connectivity index (χ2v) is 12.8. The molecule has 5 fully saturated rings. The van der Waals surface area contributed by atoms with Gasteiger partial charge in [0.2, 0.25) is 0 Å². The molecule has 0 aliphatic heterocycles. The molecule has 0 aromatic carbocycles. The molecule has 1 nitrogen and oxygen atoms in total. The van der Waals surface area contributed by atoms with Gasteiger partial charge in [-0.1, -0.05) is 58.8 Å². The van der Waals surface area contributed by atoms with Crippen LogP contribution in [0.15, 0.2) is 0 Å². The van der Waals surface area contributed by atoms with E-state index in [0.29, 0.717) is 10.8 Å². The lowest BCUT2D eigenvalue weighted by molar-refractivity contribution is -0.127. The van der Waals surface area contributed by atoms with Gasteiger partial charge in [0, 0.05) is 0 Å². The van der Waals surface area contributed by atoms with Crippen LogP contribution in [-0.2, 0) is 0 Å². The van der Waals surface area contributed by atoms with E-state index in [2.05, 4.69) is 13.8 Å². The van der Waals surface area contributed by atoms with Crippen LogP contribution in [-0.4, -0.2) is 11.2 Å². The fourth-order valence-electron chi connectivity index (χ4n) is 9.95. The molecule has 0 bridgehead atoms. The Morgan fingerprint density at radius 1 is 0.724 bits per heavy atom. The van der Waals surface area contributed by atoms with Crippen LogP contribution in [0.3, 0.4) is 0 Å². The van der Waals surface area contributed by atoms with Crippen LogP contribution in [0.2, 0.25) is 0 Å². The second kappa shape index (κ2) is 8.14. The normalized spacial score (nSPS) is 50.6. The van der Waals surface area contributed by atoms with Crippen LogP contribution in [0, 0.1) is 46.3 Å². The molecule has 166 valence electrons. The zero-order chi connectivity index (χ0) is 20.1. The van der Waals surface area contributed by atoms with Crippen molar-refractivity contribution in [3.05, 3.63) is 0 Å². The molecule has 5 rings (SSSR count). The molecular weight excluding hydrogens is 352 g/mol. The summed E-state index contributed by atoms with van der Waals surface area (Å²) in [5.74, 6) is 5.90. The Labute approximate surface area is 180 Å². The van der Waals surface area contributed by atoms with Gasteiger partial charge in [-0.15, -0.1) is 0 Å². The summed E-state index contributed by atoms with van der Waals surface area (Å²) in [6, 6.07) is 0. The Morgan fingerprint density at radius 2 is 1.48 bits per heavy atom. The Balaban J connectivity index is 1.22. The molecule has 0 amide bonds. The van der Waals surface area contributed by atoms with Gasteiger partial charge in [0.05, 0.1) is 6.10 Å². The van der Waals surface area contributed by atoms with E-state index in [-0.39, 0.29) is 6.10 Å². The smallest absolute Gasteiger partial charge is 0.0543 e. The highest BCUT2D eigenvalue weighted by Crippen LogP contribution is 2.67. The molecule has 0 aromatic heterocycles. The van der Waals surface area contributed by atoms with Crippen LogP contribution in [0.4, 0.5) is 0 Å². The minimum Gasteiger partial charge on any atom is -0.393 e. The lowest BCUT2D eigenvalue weighted by Crippen LogP contribution is -2.53. The van der Waals surface area contributed by atoms with Gasteiger partial charge >= 0.3 is 0 Å². The minimum atomic E-state index is -0.00138. The number of aliphatic hydroxyl groups is 1. The molecule has 5 aliphatic rings. The second-order valence-electron chi connectivity index (χ2n) is 12.8. The van der Waals surface area contributed by atoms with Crippen molar-refractivity contribution >= 4 is 0 Å². The Morgan fingerprint density at radius 3 is 2.31 bits per heavy atom. The fraction of sp³-hybridized carbons (Fsp3) is 1.00. The van der Waals surface area contributed by atoms with E-state index in [0.717, 1.165) is 48.3 Å². The van der Waals surface area contributed by atoms with Gasteiger partial charge in [-0.2, -0.15) is 0 Å². The van der Waals surface area contributed by atoms with Crippen molar-refractivity contribution in [3.63, 3.8) is 0 Å². The van der Waals surface area contributed by atoms with Crippen LogP contribution in [0.5, 0.6) is 0 Å². The van der Waals surface area contributed by atoms with E-state index in [4.69, 9.17) is 0 Å². The highest BCUT2D eigenvalue weighted by molar-refractivity contribution is 5.09. The Kier molecular flexibility index (Phi) is 5.85. The molecule has 8 atom stereocenters. The maximum atomic E-state index is 10.3. The van der Waals surface area contributed by atoms with E-state index in [1.54, 1.807) is 0 Å². The molecule has 0 saturated heterocycles. The summed E-state index contributed by atoms with van der Waals surface area (Å²) in [6.45, 7) is 5.37. The average Bonchev–Trinajstić information content (AvgIpc) is 3.06. The maximum absolute atomic E-state index is 10.3. The van der Waals surface area contributed by atoms with Gasteiger partial charge in [-0.3, -0.25) is 0 Å². The van der Waals surface area contributed by atoms with Crippen LogP contribution >= 0.6 is 0 Å². The van der Waals surface area contributed by atoms with Crippen molar-refractivity contribution in [1.82, 2.24) is 0 Å². The van der Waals surface area contributed by atoms with Gasteiger partial charge in [0.1, 0.15) is 0 Å². The van der Waals surface area contributed by atoms with E-state index in [1.165, 1.54) is 96.3 Å². The Bertz CT molecular complexity index is 565. The molecule has 1 N–H and O–H groups in total. The van der Waals surface area contributed by atoms with Crippen molar-refractivity contribution in [2.24, 2.45) is 46.3 Å². The van der Waals surface area contributed by atoms with E-state index in [9.17, 15) is 5.11 Å². The minimum absolute atomic E-state index is 0.00138. The largest absolute Gasteiger partial charge is 0.393 e. The number of rotatable bonds is 4. The quantitative estimate of drug-likeness (QED) is 0.511. The molecule has 29 heavy (non-hydrogen) atoms. The summed E-state index contributed by atoms with van der Waals surface area (Å²) < 4.78 is 0. The van der Waals surface area contributed by atoms with Gasteiger partial charge in [-0.25, -0.2) is 0 Å². The number of fused-ring (bicyclic) bond motifs is 5. The maximum Gasteiger partial charge on any atom is 0.0543 e. The third-order valence-corrected chi connectivity index (χ3v) is 11.7. The molecule has 0 aromatic rings. The van der Waals surface area contributed by atoms with Gasteiger partial charge in [0.25, 0.3) is 0 Å². The third kappa shape index (κ3) is 3.64. The van der Waals surface area contributed by atoms with Crippen LogP contribution in [0.1, 0.15) is 123 Å². The zero-order valence-corrected chi connectivity index (χ0v) is 19.5. The Hall–Kier alpha value is -0.0400. The van der Waals surface area contributed by atoms with Crippen LogP contribution in [0.25, 0.3) is 0 Å². The number of hydrogen-bond acceptors (Lipinski definition) is 1. The van der Waals surface area contributed by atoms with Crippen molar-refractivity contribution in [3.8, 4) is 0 Å². The van der Waals surface area contributed by atoms with Crippen molar-refractivity contribution in [2.45, 2.75) is 129 Å². The standard InChI is InChI=1S/C28H48O/c1-27-18-16-26-24(13-11-22-19-23(29)15-17-28(22,26)2)25(27)14-12-21(27)10-6-9-20-7-4-3-5-8-20/h20-26,29H,3-19H2,1-2H3/t21-,22-,23-,24-,25-,26-,27+,28-/m0/s1. The van der Waals surface area contributed by atoms with Crippen molar-refractivity contribution in [2.75, 3.05) is 0 Å². The summed E-state index contributed by atoms with van der Waals surface area (Å²) in [5.41, 5.74) is 1.20. The number of aliphatic hydroxyl groups excluding tert-OH is 1. The van der Waals surface area contributed by atoms with E-state index < -0.39 is 0 Å². The zero-order valence-electron chi connectivity index (χ0n) is 19.5. The summed E-state index contributed by atoms with van der Waals surface area (Å²) in [5, 5.41) is 10.3. The van der Waals surface area contributed by atoms with Gasteiger partial charge < -0.3 is 5.11 Å². The molecular formula is C28H48O. The fourth-order valence-corrected chi connectivity index (χ4v) is 9.95. The SMILES string of the molecule is C[C@]12CC[C@H](O)C[C@@H]1CC[C@@H]1[C@@H]2CC[C@]2(C)[C@@H](CCCC3CCCCC3)CC[C@@H]12. The predicted molar refractivity (Wildman–Crippen MR) is 122 cm³/mol. The monoisotopic (exact) mass is 400 g/mol. The summed E-state index contributed by atoms with van der Waals surface area (Å²) in [4.78, 5) is 0. The lowest BCUT2D eigenvalue weighted by atomic mass is 9.44. The predicted octanol–water partition coefficient (Wildman–Crippen LogP) is 7.76. The van der Waals surface area contributed by atoms with Crippen molar-refractivity contribution in [1.29, 1.82) is 0 Å². The van der Waals surface area contributed by atoms with Gasteiger partial charge in [-0.05, 0) is 111 Å². The first kappa shape index (κ1) is 20.8. The first-order valence-electron chi connectivity index (χ1n) is 13.7. The summed E-state index contributed by atoms with van der Waals surface area (Å²) in [6.07, 6.45) is 24.6. The first-order chi connectivity index (χ1) is 14.0. The number of hydrogen-bond donors (Lipinski definition) is 1. The molecule has 0 spiro atoms. The molecule has 0 radical (unpaired) electrons. The average molecular weight is 401 g/mol. The third-order valence-electron chi connectivity index (χ3n) is 11.7. The summed E-state index contributed by atoms with van der Waals surface area (Å²) in [7, 11) is 0. The van der Waals surface area contributed by atoms with Crippen LogP contribution < -0.4 is 0 Å². The lowest BCUT2D eigenvalue weighted by Gasteiger charge is -2.61. The van der Waals surface area contributed by atoms with Crippen molar-refractivity contribution < 1.29 is 5.11 Å². The molecule has 0 heterocycles. The summed E-state index contributed by atoms with van der Waals surface area (Å²) >= 11 is 0. The first-order valence-corrected chi connectivity index (χ1v) is 13.7. The van der Waals surface area contributed by atoms with E-state index in [1.807, 2.05) is 0 Å². The molecule has 1 heteroatoms. The molecule has 5 saturated carbocycles. The van der Waals surface area contributed by atoms with Gasteiger partial charge in [0.15, 0.2) is 0 Å². The molecule has 5 aliphatic carbocycles. The molecule has 0 unspecified atom stereocenters. The highest BCUT2D eigenvalue weighted by atomic mass is 16.3. The van der Waals surface area contributed by atoms with E-state index >= 15 is 0 Å². The topological polar surface area (TPSA) is 20.2 Å². The highest BCUT2D eigenvalue weighted by Gasteiger charge is 2.59.